The van der Waals surface area contributed by atoms with Crippen LogP contribution in [0.25, 0.3) is 11.3 Å². The molecule has 1 heterocycles. The molecule has 23 heavy (non-hydrogen) atoms. The Morgan fingerprint density at radius 2 is 2.09 bits per heavy atom. The number of hydrogen-bond donors (Lipinski definition) is 3. The lowest BCUT2D eigenvalue weighted by molar-refractivity contribution is -0.119. The third-order valence-corrected chi connectivity index (χ3v) is 2.95. The van der Waals surface area contributed by atoms with Crippen molar-refractivity contribution < 1.29 is 19.1 Å². The van der Waals surface area contributed by atoms with Crippen LogP contribution in [0.5, 0.6) is 11.5 Å². The van der Waals surface area contributed by atoms with Crippen LogP contribution in [0.4, 0.5) is 0 Å². The molecule has 1 aromatic heterocycles. The number of primary amides is 1. The van der Waals surface area contributed by atoms with Crippen LogP contribution < -0.4 is 20.5 Å². The molecule has 0 fully saturated rings. The molecule has 0 radical (unpaired) electrons. The minimum atomic E-state index is -0.677. The summed E-state index contributed by atoms with van der Waals surface area (Å²) in [5, 5.41) is 12.6. The second-order valence-electron chi connectivity index (χ2n) is 4.58. The third kappa shape index (κ3) is 3.96. The van der Waals surface area contributed by atoms with Crippen molar-refractivity contribution in [2.75, 3.05) is 20.3 Å². The first-order valence-electron chi connectivity index (χ1n) is 6.79. The summed E-state index contributed by atoms with van der Waals surface area (Å²) in [5.74, 6) is 0.166. The Hall–Kier alpha value is -3.10. The summed E-state index contributed by atoms with van der Waals surface area (Å²) in [6.45, 7) is 2.12. The summed E-state index contributed by atoms with van der Waals surface area (Å²) in [6, 6.07) is 5.06. The molecule has 9 nitrogen and oxygen atoms in total. The summed E-state index contributed by atoms with van der Waals surface area (Å²) in [4.78, 5) is 22.1. The van der Waals surface area contributed by atoms with E-state index in [-0.39, 0.29) is 11.6 Å². The number of aromatic amines is 1. The van der Waals surface area contributed by atoms with Gasteiger partial charge in [0.05, 0.1) is 13.7 Å². The second kappa shape index (κ2) is 7.25. The van der Waals surface area contributed by atoms with Crippen molar-refractivity contribution >= 4 is 11.8 Å². The molecule has 9 heteroatoms. The highest BCUT2D eigenvalue weighted by molar-refractivity contribution is 5.96. The number of benzene rings is 1. The maximum absolute atomic E-state index is 11.3. The Bertz CT molecular complexity index is 713. The summed E-state index contributed by atoms with van der Waals surface area (Å²) >= 11 is 0. The van der Waals surface area contributed by atoms with E-state index in [1.165, 1.54) is 14.0 Å². The van der Waals surface area contributed by atoms with E-state index >= 15 is 0 Å². The van der Waals surface area contributed by atoms with Crippen LogP contribution in [-0.2, 0) is 4.79 Å². The smallest absolute Gasteiger partial charge is 0.271 e. The predicted molar refractivity (Wildman–Crippen MR) is 81.1 cm³/mol. The van der Waals surface area contributed by atoms with Crippen molar-refractivity contribution in [3.63, 3.8) is 0 Å². The van der Waals surface area contributed by atoms with Gasteiger partial charge in [0, 0.05) is 12.5 Å². The van der Waals surface area contributed by atoms with Gasteiger partial charge in [0.1, 0.15) is 12.3 Å². The summed E-state index contributed by atoms with van der Waals surface area (Å²) < 4.78 is 10.8. The van der Waals surface area contributed by atoms with E-state index in [0.717, 1.165) is 0 Å². The van der Waals surface area contributed by atoms with E-state index in [2.05, 4.69) is 20.7 Å². The number of methoxy groups -OCH3 is 1. The number of hydrogen-bond acceptors (Lipinski definition) is 6. The summed E-state index contributed by atoms with van der Waals surface area (Å²) in [6.07, 6.45) is 0. The van der Waals surface area contributed by atoms with Crippen LogP contribution in [0.3, 0.4) is 0 Å². The molecule has 0 atom stereocenters. The molecule has 4 N–H and O–H groups in total. The number of H-pyrrole nitrogens is 1. The predicted octanol–water partition coefficient (Wildman–Crippen LogP) is 0.0941. The molecule has 1 aromatic carbocycles. The highest BCUT2D eigenvalue weighted by Gasteiger charge is 2.17. The lowest BCUT2D eigenvalue weighted by atomic mass is 10.1. The monoisotopic (exact) mass is 319 g/mol. The molecule has 0 aliphatic rings. The molecular weight excluding hydrogens is 302 g/mol. The zero-order valence-corrected chi connectivity index (χ0v) is 12.8. The van der Waals surface area contributed by atoms with Crippen LogP contribution in [0, 0.1) is 0 Å². The minimum absolute atomic E-state index is 0.0476. The maximum atomic E-state index is 11.3. The highest BCUT2D eigenvalue weighted by atomic mass is 16.5. The zero-order chi connectivity index (χ0) is 16.8. The fourth-order valence-corrected chi connectivity index (χ4v) is 1.93. The van der Waals surface area contributed by atoms with Crippen molar-refractivity contribution in [3.8, 4) is 22.8 Å². The first kappa shape index (κ1) is 16.3. The molecule has 2 amide bonds. The Balaban J connectivity index is 2.17. The van der Waals surface area contributed by atoms with Gasteiger partial charge in [-0.05, 0) is 18.2 Å². The molecule has 0 spiro atoms. The Morgan fingerprint density at radius 1 is 1.30 bits per heavy atom. The van der Waals surface area contributed by atoms with Gasteiger partial charge in [-0.1, -0.05) is 0 Å². The maximum Gasteiger partial charge on any atom is 0.271 e. The van der Waals surface area contributed by atoms with Gasteiger partial charge in [-0.2, -0.15) is 15.4 Å². The molecule has 2 aromatic rings. The average Bonchev–Trinajstić information content (AvgIpc) is 3.01. The number of carbonyl (C=O) groups excluding carboxylic acids is 2. The van der Waals surface area contributed by atoms with Crippen LogP contribution in [-0.4, -0.2) is 47.5 Å². The summed E-state index contributed by atoms with van der Waals surface area (Å²) in [5.41, 5.74) is 6.24. The molecular formula is C14H17N5O4. The van der Waals surface area contributed by atoms with Gasteiger partial charge >= 0.3 is 0 Å². The molecule has 122 valence electrons. The van der Waals surface area contributed by atoms with Crippen LogP contribution >= 0.6 is 0 Å². The van der Waals surface area contributed by atoms with Gasteiger partial charge in [0.25, 0.3) is 5.91 Å². The lowest BCUT2D eigenvalue weighted by Crippen LogP contribution is -2.25. The number of nitrogens with two attached hydrogens (primary N) is 1. The third-order valence-electron chi connectivity index (χ3n) is 2.95. The van der Waals surface area contributed by atoms with Crippen molar-refractivity contribution in [3.05, 3.63) is 23.9 Å². The van der Waals surface area contributed by atoms with Gasteiger partial charge in [-0.25, -0.2) is 0 Å². The average molecular weight is 319 g/mol. The first-order chi connectivity index (χ1) is 11.0. The standard InChI is InChI=1S/C14H17N5O4/c1-8(20)16-5-6-23-10-4-3-9(7-11(10)22-2)12-13(14(15)21)18-19-17-12/h3-4,7H,5-6H2,1-2H3,(H2,15,21)(H,16,20)(H,17,18,19). The van der Waals surface area contributed by atoms with Gasteiger partial charge < -0.3 is 20.5 Å². The van der Waals surface area contributed by atoms with E-state index < -0.39 is 5.91 Å². The van der Waals surface area contributed by atoms with E-state index in [9.17, 15) is 9.59 Å². The van der Waals surface area contributed by atoms with Crippen molar-refractivity contribution in [1.29, 1.82) is 0 Å². The molecule has 0 aliphatic heterocycles. The fourth-order valence-electron chi connectivity index (χ4n) is 1.93. The van der Waals surface area contributed by atoms with E-state index in [4.69, 9.17) is 15.2 Å². The second-order valence-corrected chi connectivity index (χ2v) is 4.58. The SMILES string of the molecule is COc1cc(-c2n[nH]nc2C(N)=O)ccc1OCCNC(C)=O. The Morgan fingerprint density at radius 3 is 2.74 bits per heavy atom. The van der Waals surface area contributed by atoms with Crippen LogP contribution in [0.1, 0.15) is 17.4 Å². The van der Waals surface area contributed by atoms with Crippen LogP contribution in [0.2, 0.25) is 0 Å². The largest absolute Gasteiger partial charge is 0.493 e. The number of rotatable bonds is 7. The highest BCUT2D eigenvalue weighted by Crippen LogP contribution is 2.32. The molecule has 0 saturated carbocycles. The minimum Gasteiger partial charge on any atom is -0.493 e. The normalized spacial score (nSPS) is 10.2. The van der Waals surface area contributed by atoms with E-state index in [1.54, 1.807) is 18.2 Å². The van der Waals surface area contributed by atoms with Gasteiger partial charge in [-0.3, -0.25) is 9.59 Å². The van der Waals surface area contributed by atoms with Crippen molar-refractivity contribution in [2.24, 2.45) is 5.73 Å². The van der Waals surface area contributed by atoms with Crippen molar-refractivity contribution in [1.82, 2.24) is 20.7 Å². The number of amides is 2. The molecule has 0 saturated heterocycles. The molecule has 0 unspecified atom stereocenters. The number of nitrogens with one attached hydrogen (secondary N) is 2. The lowest BCUT2D eigenvalue weighted by Gasteiger charge is -2.12. The summed E-state index contributed by atoms with van der Waals surface area (Å²) in [7, 11) is 1.50. The quantitative estimate of drug-likeness (QED) is 0.620. The van der Waals surface area contributed by atoms with Crippen LogP contribution in [0.15, 0.2) is 18.2 Å². The molecule has 2 rings (SSSR count). The van der Waals surface area contributed by atoms with Gasteiger partial charge in [0.2, 0.25) is 5.91 Å². The number of ether oxygens (including phenoxy) is 2. The zero-order valence-electron chi connectivity index (χ0n) is 12.8. The first-order valence-corrected chi connectivity index (χ1v) is 6.79. The Labute approximate surface area is 132 Å². The Kier molecular flexibility index (Phi) is 5.13. The molecule has 0 bridgehead atoms. The number of aromatic nitrogens is 3. The number of nitrogens with zero attached hydrogens (tertiary/aromatic N) is 2. The van der Waals surface area contributed by atoms with Gasteiger partial charge in [-0.15, -0.1) is 0 Å². The van der Waals surface area contributed by atoms with E-state index in [0.29, 0.717) is 35.9 Å². The molecule has 0 aliphatic carbocycles. The van der Waals surface area contributed by atoms with Crippen molar-refractivity contribution in [2.45, 2.75) is 6.92 Å². The van der Waals surface area contributed by atoms with Gasteiger partial charge in [0.15, 0.2) is 17.2 Å². The number of carbonyl (C=O) groups is 2. The topological polar surface area (TPSA) is 132 Å². The fraction of sp³-hybridized carbons (Fsp3) is 0.286. The van der Waals surface area contributed by atoms with E-state index in [1.807, 2.05) is 0 Å².